The average Bonchev–Trinajstić information content (AvgIpc) is 2.30. The quantitative estimate of drug-likeness (QED) is 0.292. The largest absolute Gasteiger partial charge is 0.508 e. The number of aromatic hydroxyl groups is 1. The van der Waals surface area contributed by atoms with E-state index in [1.807, 2.05) is 0 Å². The summed E-state index contributed by atoms with van der Waals surface area (Å²) < 4.78 is 0. The van der Waals surface area contributed by atoms with E-state index in [0.717, 1.165) is 0 Å². The fraction of sp³-hybridized carbons (Fsp3) is 0.300. The summed E-state index contributed by atoms with van der Waals surface area (Å²) >= 11 is 0. The van der Waals surface area contributed by atoms with E-state index in [1.165, 1.54) is 12.1 Å². The summed E-state index contributed by atoms with van der Waals surface area (Å²) in [5.41, 5.74) is 14.0. The van der Waals surface area contributed by atoms with Crippen LogP contribution in [-0.2, 0) is 4.79 Å². The molecule has 0 aromatic heterocycles. The van der Waals surface area contributed by atoms with E-state index in [4.69, 9.17) is 16.4 Å². The van der Waals surface area contributed by atoms with Crippen molar-refractivity contribution in [2.45, 2.75) is 6.04 Å². The Labute approximate surface area is 97.9 Å². The third-order valence-corrected chi connectivity index (χ3v) is 2.13. The zero-order chi connectivity index (χ0) is 12.7. The van der Waals surface area contributed by atoms with Crippen molar-refractivity contribution in [3.63, 3.8) is 0 Å². The topological polar surface area (TPSA) is 124 Å². The Morgan fingerprint density at radius 2 is 2.18 bits per heavy atom. The SMILES string of the molecule is [N-]=[N+]=NCCNC(C(N)=O)c1ccc(O)cc1. The predicted octanol–water partition coefficient (Wildman–Crippen LogP) is 0.819. The normalized spacial score (nSPS) is 11.5. The second-order valence-electron chi connectivity index (χ2n) is 3.34. The minimum Gasteiger partial charge on any atom is -0.508 e. The summed E-state index contributed by atoms with van der Waals surface area (Å²) in [4.78, 5) is 13.8. The first-order chi connectivity index (χ1) is 8.15. The van der Waals surface area contributed by atoms with Gasteiger partial charge in [-0.15, -0.1) is 0 Å². The van der Waals surface area contributed by atoms with Crippen LogP contribution < -0.4 is 11.1 Å². The first-order valence-electron chi connectivity index (χ1n) is 4.97. The molecule has 0 saturated carbocycles. The maximum absolute atomic E-state index is 11.2. The lowest BCUT2D eigenvalue weighted by atomic mass is 10.1. The first-order valence-corrected chi connectivity index (χ1v) is 4.97. The third kappa shape index (κ3) is 4.02. The number of rotatable bonds is 6. The van der Waals surface area contributed by atoms with E-state index in [0.29, 0.717) is 12.1 Å². The number of primary amides is 1. The standard InChI is InChI=1S/C10H13N5O2/c11-10(17)9(13-5-6-14-15-12)7-1-3-8(16)4-2-7/h1-4,9,13,16H,5-6H2,(H2,11,17). The van der Waals surface area contributed by atoms with Gasteiger partial charge in [0, 0.05) is 18.0 Å². The Morgan fingerprint density at radius 1 is 1.53 bits per heavy atom. The van der Waals surface area contributed by atoms with Crippen LogP contribution in [0.4, 0.5) is 0 Å². The van der Waals surface area contributed by atoms with Gasteiger partial charge < -0.3 is 16.2 Å². The van der Waals surface area contributed by atoms with Gasteiger partial charge in [0.25, 0.3) is 0 Å². The van der Waals surface area contributed by atoms with E-state index in [-0.39, 0.29) is 12.3 Å². The van der Waals surface area contributed by atoms with Crippen LogP contribution in [0.3, 0.4) is 0 Å². The zero-order valence-electron chi connectivity index (χ0n) is 9.08. The van der Waals surface area contributed by atoms with Crippen molar-refractivity contribution in [1.82, 2.24) is 5.32 Å². The van der Waals surface area contributed by atoms with Gasteiger partial charge >= 0.3 is 0 Å². The van der Waals surface area contributed by atoms with Gasteiger partial charge in [0.05, 0.1) is 0 Å². The molecule has 0 fully saturated rings. The van der Waals surface area contributed by atoms with Crippen LogP contribution in [0, 0.1) is 0 Å². The summed E-state index contributed by atoms with van der Waals surface area (Å²) in [5.74, 6) is -0.414. The van der Waals surface area contributed by atoms with Crippen LogP contribution in [0.1, 0.15) is 11.6 Å². The van der Waals surface area contributed by atoms with Crippen molar-refractivity contribution in [2.75, 3.05) is 13.1 Å². The molecule has 1 unspecified atom stereocenters. The first kappa shape index (κ1) is 12.8. The Bertz CT molecular complexity index is 425. The molecule has 7 heteroatoms. The van der Waals surface area contributed by atoms with Crippen LogP contribution in [0.2, 0.25) is 0 Å². The molecule has 4 N–H and O–H groups in total. The number of benzene rings is 1. The van der Waals surface area contributed by atoms with Gasteiger partial charge in [0.15, 0.2) is 0 Å². The molecule has 1 amide bonds. The van der Waals surface area contributed by atoms with Crippen molar-refractivity contribution in [2.24, 2.45) is 10.8 Å². The number of carbonyl (C=O) groups excluding carboxylic acids is 1. The van der Waals surface area contributed by atoms with Gasteiger partial charge in [-0.25, -0.2) is 0 Å². The predicted molar refractivity (Wildman–Crippen MR) is 62.1 cm³/mol. The number of hydrogen-bond acceptors (Lipinski definition) is 4. The summed E-state index contributed by atoms with van der Waals surface area (Å²) in [7, 11) is 0. The third-order valence-electron chi connectivity index (χ3n) is 2.13. The summed E-state index contributed by atoms with van der Waals surface area (Å²) in [6.07, 6.45) is 0. The van der Waals surface area contributed by atoms with Crippen LogP contribution in [0.5, 0.6) is 5.75 Å². The van der Waals surface area contributed by atoms with E-state index < -0.39 is 11.9 Å². The molecular weight excluding hydrogens is 222 g/mol. The lowest BCUT2D eigenvalue weighted by Crippen LogP contribution is -2.34. The van der Waals surface area contributed by atoms with Gasteiger partial charge in [-0.2, -0.15) is 0 Å². The molecule has 0 radical (unpaired) electrons. The number of amides is 1. The minimum atomic E-state index is -0.663. The van der Waals surface area contributed by atoms with Gasteiger partial charge in [0.1, 0.15) is 11.8 Å². The molecule has 7 nitrogen and oxygen atoms in total. The molecule has 0 aliphatic carbocycles. The Morgan fingerprint density at radius 3 is 2.71 bits per heavy atom. The smallest absolute Gasteiger partial charge is 0.239 e. The maximum Gasteiger partial charge on any atom is 0.239 e. The second kappa shape index (κ2) is 6.37. The highest BCUT2D eigenvalue weighted by atomic mass is 16.3. The Kier molecular flexibility index (Phi) is 4.80. The number of nitrogens with one attached hydrogen (secondary N) is 1. The van der Waals surface area contributed by atoms with E-state index >= 15 is 0 Å². The molecule has 0 bridgehead atoms. The van der Waals surface area contributed by atoms with Crippen LogP contribution in [0.15, 0.2) is 29.4 Å². The highest BCUT2D eigenvalue weighted by molar-refractivity contribution is 5.81. The number of nitrogens with two attached hydrogens (primary N) is 1. The van der Waals surface area contributed by atoms with E-state index in [2.05, 4.69) is 15.3 Å². The molecule has 0 aliphatic heterocycles. The number of hydrogen-bond donors (Lipinski definition) is 3. The Hall–Kier alpha value is -2.24. The fourth-order valence-electron chi connectivity index (χ4n) is 1.35. The monoisotopic (exact) mass is 235 g/mol. The zero-order valence-corrected chi connectivity index (χ0v) is 9.08. The molecule has 1 rings (SSSR count). The highest BCUT2D eigenvalue weighted by Gasteiger charge is 2.16. The van der Waals surface area contributed by atoms with Crippen molar-refractivity contribution in [1.29, 1.82) is 0 Å². The van der Waals surface area contributed by atoms with Gasteiger partial charge in [-0.05, 0) is 23.2 Å². The highest BCUT2D eigenvalue weighted by Crippen LogP contribution is 2.16. The van der Waals surface area contributed by atoms with Crippen molar-refractivity contribution in [3.8, 4) is 5.75 Å². The van der Waals surface area contributed by atoms with Gasteiger partial charge in [-0.1, -0.05) is 17.2 Å². The average molecular weight is 235 g/mol. The molecule has 17 heavy (non-hydrogen) atoms. The number of azide groups is 1. The van der Waals surface area contributed by atoms with E-state index in [1.54, 1.807) is 12.1 Å². The molecular formula is C10H13N5O2. The van der Waals surface area contributed by atoms with Crippen LogP contribution >= 0.6 is 0 Å². The number of nitrogens with zero attached hydrogens (tertiary/aromatic N) is 3. The minimum absolute atomic E-state index is 0.117. The molecule has 1 aromatic rings. The number of carbonyl (C=O) groups is 1. The number of phenols is 1. The Balaban J connectivity index is 2.68. The number of phenolic OH excluding ortho intramolecular Hbond substituents is 1. The van der Waals surface area contributed by atoms with E-state index in [9.17, 15) is 4.79 Å². The van der Waals surface area contributed by atoms with Gasteiger partial charge in [-0.3, -0.25) is 4.79 Å². The summed E-state index contributed by atoms with van der Waals surface area (Å²) in [6, 6.07) is 5.49. The summed E-state index contributed by atoms with van der Waals surface area (Å²) in [6.45, 7) is 0.580. The van der Waals surface area contributed by atoms with Crippen molar-refractivity contribution < 1.29 is 9.90 Å². The molecule has 0 spiro atoms. The fourth-order valence-corrected chi connectivity index (χ4v) is 1.35. The lowest BCUT2D eigenvalue weighted by Gasteiger charge is -2.15. The van der Waals surface area contributed by atoms with Crippen molar-refractivity contribution in [3.05, 3.63) is 40.3 Å². The van der Waals surface area contributed by atoms with Gasteiger partial charge in [0.2, 0.25) is 5.91 Å². The maximum atomic E-state index is 11.2. The molecule has 90 valence electrons. The van der Waals surface area contributed by atoms with Crippen LogP contribution in [-0.4, -0.2) is 24.1 Å². The van der Waals surface area contributed by atoms with Crippen molar-refractivity contribution >= 4 is 5.91 Å². The summed E-state index contributed by atoms with van der Waals surface area (Å²) in [5, 5.41) is 15.3. The molecule has 0 heterocycles. The molecule has 1 aromatic carbocycles. The second-order valence-corrected chi connectivity index (χ2v) is 3.34. The molecule has 1 atom stereocenters. The molecule has 0 saturated heterocycles. The van der Waals surface area contributed by atoms with Crippen LogP contribution in [0.25, 0.3) is 10.4 Å². The lowest BCUT2D eigenvalue weighted by molar-refractivity contribution is -0.120. The molecule has 0 aliphatic rings.